The molecule has 0 radical (unpaired) electrons. The highest BCUT2D eigenvalue weighted by Gasteiger charge is 2.32. The van der Waals surface area contributed by atoms with Crippen LogP contribution in [0.3, 0.4) is 0 Å². The molecule has 1 saturated carbocycles. The van der Waals surface area contributed by atoms with Crippen molar-refractivity contribution in [3.8, 4) is 0 Å². The Labute approximate surface area is 147 Å². The molecular formula is C18H21N3O2S. The first kappa shape index (κ1) is 16.6. The SMILES string of the molecule is C=CCN1C(=O)/C(=C/c2ccn(C3CCCCC3)c2)C(=O)NC1=S. The van der Waals surface area contributed by atoms with E-state index in [0.717, 1.165) is 5.56 Å². The van der Waals surface area contributed by atoms with E-state index >= 15 is 0 Å². The molecule has 5 nitrogen and oxygen atoms in total. The number of carbonyl (C=O) groups is 2. The van der Waals surface area contributed by atoms with Gasteiger partial charge >= 0.3 is 0 Å². The first-order chi connectivity index (χ1) is 11.6. The van der Waals surface area contributed by atoms with Gasteiger partial charge in [-0.25, -0.2) is 0 Å². The van der Waals surface area contributed by atoms with Crippen molar-refractivity contribution in [3.63, 3.8) is 0 Å². The maximum atomic E-state index is 12.5. The van der Waals surface area contributed by atoms with Crippen LogP contribution >= 0.6 is 12.2 Å². The summed E-state index contributed by atoms with van der Waals surface area (Å²) in [4.78, 5) is 26.0. The lowest BCUT2D eigenvalue weighted by molar-refractivity contribution is -0.128. The van der Waals surface area contributed by atoms with Crippen LogP contribution < -0.4 is 5.32 Å². The van der Waals surface area contributed by atoms with E-state index < -0.39 is 5.91 Å². The van der Waals surface area contributed by atoms with E-state index in [-0.39, 0.29) is 23.1 Å². The van der Waals surface area contributed by atoms with Crippen LogP contribution in [0.1, 0.15) is 43.7 Å². The van der Waals surface area contributed by atoms with Crippen molar-refractivity contribution in [1.29, 1.82) is 0 Å². The van der Waals surface area contributed by atoms with Gasteiger partial charge in [-0.3, -0.25) is 19.8 Å². The minimum Gasteiger partial charge on any atom is -0.351 e. The molecule has 1 aromatic rings. The molecular weight excluding hydrogens is 322 g/mol. The number of carbonyl (C=O) groups excluding carboxylic acids is 2. The summed E-state index contributed by atoms with van der Waals surface area (Å²) in [5.74, 6) is -0.829. The minimum absolute atomic E-state index is 0.104. The molecule has 2 amide bonds. The molecule has 0 spiro atoms. The third-order valence-electron chi connectivity index (χ3n) is 4.54. The van der Waals surface area contributed by atoms with Gasteiger partial charge in [0, 0.05) is 25.0 Å². The van der Waals surface area contributed by atoms with Crippen LogP contribution in [0.15, 0.2) is 36.7 Å². The van der Waals surface area contributed by atoms with E-state index in [1.807, 2.05) is 18.5 Å². The highest BCUT2D eigenvalue weighted by Crippen LogP contribution is 2.28. The summed E-state index contributed by atoms with van der Waals surface area (Å²) in [6, 6.07) is 2.46. The summed E-state index contributed by atoms with van der Waals surface area (Å²) in [5.41, 5.74) is 0.956. The molecule has 1 N–H and O–H groups in total. The summed E-state index contributed by atoms with van der Waals surface area (Å²) in [5, 5.41) is 2.69. The summed E-state index contributed by atoms with van der Waals surface area (Å²) in [6.07, 6.45) is 13.4. The molecule has 2 aliphatic rings. The van der Waals surface area contributed by atoms with Crippen molar-refractivity contribution >= 4 is 35.2 Å². The average Bonchev–Trinajstić information content (AvgIpc) is 3.05. The standard InChI is InChI=1S/C18H21N3O2S/c1-2-9-21-17(23)15(16(22)19-18(21)24)11-13-8-10-20(12-13)14-6-4-3-5-7-14/h2,8,10-12,14H,1,3-7,9H2,(H,19,22,24)/b15-11+. The molecule has 6 heteroatoms. The zero-order valence-electron chi connectivity index (χ0n) is 13.5. The van der Waals surface area contributed by atoms with Crippen LogP contribution in [0.4, 0.5) is 0 Å². The van der Waals surface area contributed by atoms with Crippen LogP contribution in [-0.2, 0) is 9.59 Å². The number of thiocarbonyl (C=S) groups is 1. The van der Waals surface area contributed by atoms with Crippen molar-refractivity contribution in [2.24, 2.45) is 0 Å². The number of rotatable bonds is 4. The number of nitrogens with one attached hydrogen (secondary N) is 1. The fraction of sp³-hybridized carbons (Fsp3) is 0.389. The first-order valence-corrected chi connectivity index (χ1v) is 8.68. The van der Waals surface area contributed by atoms with Gasteiger partial charge in [0.05, 0.1) is 0 Å². The van der Waals surface area contributed by atoms with Crippen molar-refractivity contribution < 1.29 is 9.59 Å². The Hall–Kier alpha value is -2.21. The molecule has 0 atom stereocenters. The van der Waals surface area contributed by atoms with Crippen LogP contribution in [0.5, 0.6) is 0 Å². The molecule has 3 rings (SSSR count). The number of aromatic nitrogens is 1. The summed E-state index contributed by atoms with van der Waals surface area (Å²) in [6.45, 7) is 3.89. The van der Waals surface area contributed by atoms with E-state index in [2.05, 4.69) is 16.5 Å². The number of amides is 2. The van der Waals surface area contributed by atoms with Gasteiger partial charge in [0.25, 0.3) is 11.8 Å². The lowest BCUT2D eigenvalue weighted by Gasteiger charge is -2.27. The minimum atomic E-state index is -0.448. The van der Waals surface area contributed by atoms with Crippen molar-refractivity contribution in [2.75, 3.05) is 6.54 Å². The Morgan fingerprint density at radius 1 is 1.29 bits per heavy atom. The highest BCUT2D eigenvalue weighted by atomic mass is 32.1. The third-order valence-corrected chi connectivity index (χ3v) is 4.86. The van der Waals surface area contributed by atoms with E-state index in [4.69, 9.17) is 12.2 Å². The van der Waals surface area contributed by atoms with E-state index in [1.165, 1.54) is 37.0 Å². The second-order valence-electron chi connectivity index (χ2n) is 6.21. The Morgan fingerprint density at radius 3 is 2.75 bits per heavy atom. The van der Waals surface area contributed by atoms with Crippen LogP contribution in [0, 0.1) is 0 Å². The first-order valence-electron chi connectivity index (χ1n) is 8.27. The molecule has 126 valence electrons. The maximum Gasteiger partial charge on any atom is 0.265 e. The Balaban J connectivity index is 1.82. The monoisotopic (exact) mass is 343 g/mol. The Bertz CT molecular complexity index is 714. The van der Waals surface area contributed by atoms with Crippen molar-refractivity contribution in [2.45, 2.75) is 38.1 Å². The quantitative estimate of drug-likeness (QED) is 0.396. The number of hydrogen-bond donors (Lipinski definition) is 1. The lowest BCUT2D eigenvalue weighted by atomic mass is 9.95. The largest absolute Gasteiger partial charge is 0.351 e. The predicted octanol–water partition coefficient (Wildman–Crippen LogP) is 2.81. The molecule has 0 unspecified atom stereocenters. The van der Waals surface area contributed by atoms with Gasteiger partial charge in [-0.05, 0) is 42.8 Å². The zero-order chi connectivity index (χ0) is 17.1. The fourth-order valence-corrected chi connectivity index (χ4v) is 3.53. The molecule has 24 heavy (non-hydrogen) atoms. The third kappa shape index (κ3) is 3.33. The highest BCUT2D eigenvalue weighted by molar-refractivity contribution is 7.80. The molecule has 2 fully saturated rings. The van der Waals surface area contributed by atoms with E-state index in [0.29, 0.717) is 6.04 Å². The van der Waals surface area contributed by atoms with Crippen LogP contribution in [-0.4, -0.2) is 32.9 Å². The summed E-state index contributed by atoms with van der Waals surface area (Å²) in [7, 11) is 0. The normalized spacial score (nSPS) is 21.2. The van der Waals surface area contributed by atoms with E-state index in [1.54, 1.807) is 12.2 Å². The molecule has 1 aromatic heterocycles. The lowest BCUT2D eigenvalue weighted by Crippen LogP contribution is -2.53. The molecule has 1 aliphatic carbocycles. The van der Waals surface area contributed by atoms with Gasteiger partial charge in [-0.1, -0.05) is 25.3 Å². The fourth-order valence-electron chi connectivity index (χ4n) is 3.28. The molecule has 2 heterocycles. The second kappa shape index (κ2) is 7.13. The Morgan fingerprint density at radius 2 is 2.04 bits per heavy atom. The van der Waals surface area contributed by atoms with Gasteiger partial charge < -0.3 is 4.57 Å². The van der Waals surface area contributed by atoms with Crippen LogP contribution in [0.25, 0.3) is 6.08 Å². The predicted molar refractivity (Wildman–Crippen MR) is 97.2 cm³/mol. The van der Waals surface area contributed by atoms with Gasteiger partial charge in [-0.2, -0.15) is 0 Å². The number of nitrogens with zero attached hydrogens (tertiary/aromatic N) is 2. The zero-order valence-corrected chi connectivity index (χ0v) is 14.3. The van der Waals surface area contributed by atoms with Gasteiger partial charge in [0.1, 0.15) is 5.57 Å². The van der Waals surface area contributed by atoms with Crippen molar-refractivity contribution in [1.82, 2.24) is 14.8 Å². The van der Waals surface area contributed by atoms with Crippen molar-refractivity contribution in [3.05, 3.63) is 42.3 Å². The number of hydrogen-bond acceptors (Lipinski definition) is 3. The van der Waals surface area contributed by atoms with Gasteiger partial charge in [-0.15, -0.1) is 6.58 Å². The van der Waals surface area contributed by atoms with Gasteiger partial charge in [0.2, 0.25) is 0 Å². The topological polar surface area (TPSA) is 54.3 Å². The Kier molecular flexibility index (Phi) is 4.94. The summed E-state index contributed by atoms with van der Waals surface area (Å²) >= 11 is 5.05. The average molecular weight is 343 g/mol. The molecule has 1 aliphatic heterocycles. The molecule has 0 aromatic carbocycles. The smallest absolute Gasteiger partial charge is 0.265 e. The van der Waals surface area contributed by atoms with E-state index in [9.17, 15) is 9.59 Å². The van der Waals surface area contributed by atoms with Gasteiger partial charge in [0.15, 0.2) is 5.11 Å². The maximum absolute atomic E-state index is 12.5. The van der Waals surface area contributed by atoms with Crippen LogP contribution in [0.2, 0.25) is 0 Å². The summed E-state index contributed by atoms with van der Waals surface area (Å²) < 4.78 is 2.20. The molecule has 0 bridgehead atoms. The molecule has 1 saturated heterocycles. The second-order valence-corrected chi connectivity index (χ2v) is 6.59.